The number of aliphatic carboxylic acids is 1. The summed E-state index contributed by atoms with van der Waals surface area (Å²) in [4.78, 5) is 20.0. The molecule has 0 amide bonds. The molecule has 0 unspecified atom stereocenters. The maximum Gasteiger partial charge on any atom is 0.417 e. The highest BCUT2D eigenvalue weighted by Crippen LogP contribution is 1.87. The first kappa shape index (κ1) is 12.6. The highest BCUT2D eigenvalue weighted by Gasteiger charge is 2.11. The Morgan fingerprint density at radius 3 is 2.36 bits per heavy atom. The van der Waals surface area contributed by atoms with Gasteiger partial charge in [-0.1, -0.05) is 13.3 Å². The van der Waals surface area contributed by atoms with E-state index in [0.717, 1.165) is 6.42 Å². The van der Waals surface area contributed by atoms with Crippen LogP contribution in [0.1, 0.15) is 19.8 Å². The van der Waals surface area contributed by atoms with Crippen molar-refractivity contribution in [2.75, 3.05) is 6.61 Å². The molecule has 0 aliphatic heterocycles. The van der Waals surface area contributed by atoms with Gasteiger partial charge in [-0.05, 0) is 6.42 Å². The summed E-state index contributed by atoms with van der Waals surface area (Å²) in [7, 11) is 0. The molecular weight excluding hydrogens is 152 g/mol. The first-order valence-corrected chi connectivity index (χ1v) is 3.08. The van der Waals surface area contributed by atoms with Gasteiger partial charge < -0.3 is 15.3 Å². The van der Waals surface area contributed by atoms with Gasteiger partial charge in [-0.2, -0.15) is 0 Å². The van der Waals surface area contributed by atoms with Crippen LogP contribution in [-0.2, 0) is 14.3 Å². The van der Waals surface area contributed by atoms with E-state index in [9.17, 15) is 9.59 Å². The average Bonchev–Trinajstić information content (AvgIpc) is 1.88. The first-order valence-electron chi connectivity index (χ1n) is 3.08. The quantitative estimate of drug-likeness (QED) is 0.348. The second-order valence-electron chi connectivity index (χ2n) is 1.79. The molecule has 0 atom stereocenters. The normalized spacial score (nSPS) is 8.09. The van der Waals surface area contributed by atoms with Crippen LogP contribution in [0.25, 0.3) is 0 Å². The van der Waals surface area contributed by atoms with Crippen molar-refractivity contribution < 1.29 is 24.9 Å². The van der Waals surface area contributed by atoms with Crippen molar-refractivity contribution in [2.45, 2.75) is 19.8 Å². The van der Waals surface area contributed by atoms with Gasteiger partial charge in [-0.25, -0.2) is 9.59 Å². The highest BCUT2D eigenvalue weighted by molar-refractivity contribution is 6.28. The SMILES string of the molecule is CCCCOC(=O)C(=O)O.O. The van der Waals surface area contributed by atoms with Crippen LogP contribution in [0.15, 0.2) is 0 Å². The van der Waals surface area contributed by atoms with Crippen molar-refractivity contribution in [3.8, 4) is 0 Å². The molecule has 0 aromatic carbocycles. The van der Waals surface area contributed by atoms with Gasteiger partial charge >= 0.3 is 11.9 Å². The van der Waals surface area contributed by atoms with E-state index in [4.69, 9.17) is 5.11 Å². The van der Waals surface area contributed by atoms with Crippen molar-refractivity contribution in [2.24, 2.45) is 0 Å². The molecule has 0 aromatic rings. The molecule has 0 fully saturated rings. The number of rotatable bonds is 3. The lowest BCUT2D eigenvalue weighted by Gasteiger charge is -1.97. The Balaban J connectivity index is 0. The largest absolute Gasteiger partial charge is 0.473 e. The van der Waals surface area contributed by atoms with Crippen molar-refractivity contribution in [1.29, 1.82) is 0 Å². The van der Waals surface area contributed by atoms with E-state index in [2.05, 4.69) is 4.74 Å². The maximum absolute atomic E-state index is 10.2. The summed E-state index contributed by atoms with van der Waals surface area (Å²) >= 11 is 0. The number of carbonyl (C=O) groups is 2. The minimum atomic E-state index is -1.53. The van der Waals surface area contributed by atoms with Gasteiger partial charge in [0.05, 0.1) is 6.61 Å². The number of carboxylic acid groups (broad SMARTS) is 1. The molecule has 0 rings (SSSR count). The number of esters is 1. The Morgan fingerprint density at radius 1 is 1.45 bits per heavy atom. The molecule has 0 aromatic heterocycles. The molecule has 0 saturated carbocycles. The number of carbonyl (C=O) groups excluding carboxylic acids is 1. The summed E-state index contributed by atoms with van der Waals surface area (Å²) in [6.45, 7) is 2.12. The van der Waals surface area contributed by atoms with Gasteiger partial charge in [0.2, 0.25) is 0 Å². The van der Waals surface area contributed by atoms with E-state index in [1.165, 1.54) is 0 Å². The zero-order valence-electron chi connectivity index (χ0n) is 6.29. The second-order valence-corrected chi connectivity index (χ2v) is 1.79. The summed E-state index contributed by atoms with van der Waals surface area (Å²) in [6.07, 6.45) is 1.59. The zero-order valence-corrected chi connectivity index (χ0v) is 6.29. The average molecular weight is 164 g/mol. The standard InChI is InChI=1S/C6H10O4.H2O/c1-2-3-4-10-6(9)5(7)8;/h2-4H2,1H3,(H,7,8);1H2. The van der Waals surface area contributed by atoms with Crippen LogP contribution in [0.5, 0.6) is 0 Å². The molecule has 5 nitrogen and oxygen atoms in total. The third kappa shape index (κ3) is 6.79. The van der Waals surface area contributed by atoms with Crippen LogP contribution in [0.2, 0.25) is 0 Å². The number of hydrogen-bond donors (Lipinski definition) is 1. The Labute approximate surface area is 64.3 Å². The number of carboxylic acids is 1. The molecule has 5 heteroatoms. The van der Waals surface area contributed by atoms with E-state index in [1.54, 1.807) is 0 Å². The van der Waals surface area contributed by atoms with Gasteiger partial charge in [-0.15, -0.1) is 0 Å². The Hall–Kier alpha value is -1.10. The molecule has 0 aliphatic rings. The molecule has 0 heterocycles. The molecule has 0 bridgehead atoms. The fourth-order valence-corrected chi connectivity index (χ4v) is 0.371. The molecule has 3 N–H and O–H groups in total. The maximum atomic E-state index is 10.2. The fraction of sp³-hybridized carbons (Fsp3) is 0.667. The van der Waals surface area contributed by atoms with Crippen LogP contribution in [0.4, 0.5) is 0 Å². The van der Waals surface area contributed by atoms with Crippen molar-refractivity contribution >= 4 is 11.9 Å². The zero-order chi connectivity index (χ0) is 7.98. The molecule has 0 spiro atoms. The van der Waals surface area contributed by atoms with Gasteiger partial charge in [0.15, 0.2) is 0 Å². The van der Waals surface area contributed by atoms with Crippen molar-refractivity contribution in [3.05, 3.63) is 0 Å². The van der Waals surface area contributed by atoms with Crippen molar-refractivity contribution in [3.63, 3.8) is 0 Å². The monoisotopic (exact) mass is 164 g/mol. The molecule has 0 saturated heterocycles. The Morgan fingerprint density at radius 2 is 2.00 bits per heavy atom. The van der Waals surface area contributed by atoms with Crippen LogP contribution in [0, 0.1) is 0 Å². The van der Waals surface area contributed by atoms with Crippen molar-refractivity contribution in [1.82, 2.24) is 0 Å². The van der Waals surface area contributed by atoms with E-state index in [1.807, 2.05) is 6.92 Å². The summed E-state index contributed by atoms with van der Waals surface area (Å²) < 4.78 is 4.31. The summed E-state index contributed by atoms with van der Waals surface area (Å²) in [6, 6.07) is 0. The first-order chi connectivity index (χ1) is 4.68. The minimum absolute atomic E-state index is 0. The summed E-state index contributed by atoms with van der Waals surface area (Å²) in [5.74, 6) is -2.70. The number of ether oxygens (including phenoxy) is 1. The van der Waals surface area contributed by atoms with Crippen LogP contribution in [0.3, 0.4) is 0 Å². The van der Waals surface area contributed by atoms with Gasteiger partial charge in [-0.3, -0.25) is 0 Å². The summed E-state index contributed by atoms with van der Waals surface area (Å²) in [5.41, 5.74) is 0. The van der Waals surface area contributed by atoms with E-state index in [0.29, 0.717) is 6.42 Å². The third-order valence-corrected chi connectivity index (χ3v) is 0.906. The Kier molecular flexibility index (Phi) is 8.01. The predicted molar refractivity (Wildman–Crippen MR) is 37.1 cm³/mol. The highest BCUT2D eigenvalue weighted by atomic mass is 16.6. The lowest BCUT2D eigenvalue weighted by molar-refractivity contribution is -0.163. The minimum Gasteiger partial charge on any atom is -0.473 e. The smallest absolute Gasteiger partial charge is 0.417 e. The third-order valence-electron chi connectivity index (χ3n) is 0.906. The molecule has 11 heavy (non-hydrogen) atoms. The second kappa shape index (κ2) is 7.01. The van der Waals surface area contributed by atoms with Gasteiger partial charge in [0, 0.05) is 0 Å². The number of unbranched alkanes of at least 4 members (excludes halogenated alkanes) is 1. The Bertz CT molecular complexity index is 131. The van der Waals surface area contributed by atoms with Crippen LogP contribution < -0.4 is 0 Å². The topological polar surface area (TPSA) is 95.1 Å². The van der Waals surface area contributed by atoms with E-state index < -0.39 is 11.9 Å². The van der Waals surface area contributed by atoms with E-state index >= 15 is 0 Å². The van der Waals surface area contributed by atoms with Crippen LogP contribution in [-0.4, -0.2) is 29.1 Å². The summed E-state index contributed by atoms with van der Waals surface area (Å²) in [5, 5.41) is 8.01. The molecule has 66 valence electrons. The van der Waals surface area contributed by atoms with Gasteiger partial charge in [0.1, 0.15) is 0 Å². The molecular formula is C6H12O5. The van der Waals surface area contributed by atoms with Crippen LogP contribution >= 0.6 is 0 Å². The van der Waals surface area contributed by atoms with Gasteiger partial charge in [0.25, 0.3) is 0 Å². The lowest BCUT2D eigenvalue weighted by atomic mass is 10.4. The lowest BCUT2D eigenvalue weighted by Crippen LogP contribution is -2.16. The fourth-order valence-electron chi connectivity index (χ4n) is 0.371. The molecule has 0 aliphatic carbocycles. The number of hydrogen-bond acceptors (Lipinski definition) is 3. The van der Waals surface area contributed by atoms with E-state index in [-0.39, 0.29) is 12.1 Å². The molecule has 0 radical (unpaired) electrons. The predicted octanol–water partition coefficient (Wildman–Crippen LogP) is -0.410.